The van der Waals surface area contributed by atoms with Crippen LogP contribution in [0, 0.1) is 21.4 Å². The Morgan fingerprint density at radius 3 is 2.29 bits per heavy atom. The zero-order chi connectivity index (χ0) is 22.0. The Morgan fingerprint density at radius 1 is 1.00 bits per heavy atom. The van der Waals surface area contributed by atoms with E-state index in [0.717, 1.165) is 22.2 Å². The largest absolute Gasteiger partial charge is 0.343 e. The predicted molar refractivity (Wildman–Crippen MR) is 119 cm³/mol. The molecule has 0 aliphatic heterocycles. The van der Waals surface area contributed by atoms with Gasteiger partial charge in [-0.15, -0.1) is 0 Å². The van der Waals surface area contributed by atoms with Crippen LogP contribution in [0.5, 0.6) is 0 Å². The second kappa shape index (κ2) is 8.09. The highest BCUT2D eigenvalue weighted by Crippen LogP contribution is 2.34. The van der Waals surface area contributed by atoms with Crippen LogP contribution in [0.15, 0.2) is 84.4 Å². The van der Waals surface area contributed by atoms with Gasteiger partial charge in [-0.2, -0.15) is 5.26 Å². The molecule has 6 heteroatoms. The van der Waals surface area contributed by atoms with Gasteiger partial charge >= 0.3 is 0 Å². The first kappa shape index (κ1) is 19.8. The Morgan fingerprint density at radius 2 is 1.65 bits per heavy atom. The molecule has 4 aromatic rings. The quantitative estimate of drug-likeness (QED) is 0.143. The molecule has 0 aliphatic rings. The SMILES string of the molecule is Cn1c(-c2ccccc2)c(C(=O)/C(C#N)=C/c2ccc([N+](=O)[O-])cc2)c2ccccc21. The summed E-state index contributed by atoms with van der Waals surface area (Å²) in [5.41, 5.74) is 3.40. The first-order valence-corrected chi connectivity index (χ1v) is 9.55. The number of Topliss-reactive ketones (excluding diaryl/α,β-unsaturated/α-hetero) is 1. The highest BCUT2D eigenvalue weighted by molar-refractivity contribution is 6.23. The monoisotopic (exact) mass is 407 g/mol. The lowest BCUT2D eigenvalue weighted by atomic mass is 9.96. The number of nitro groups is 1. The summed E-state index contributed by atoms with van der Waals surface area (Å²) < 4.78 is 1.96. The number of para-hydroxylation sites is 1. The fourth-order valence-electron chi connectivity index (χ4n) is 3.70. The number of nitriles is 1. The number of ketones is 1. The molecule has 1 heterocycles. The summed E-state index contributed by atoms with van der Waals surface area (Å²) in [6.45, 7) is 0. The van der Waals surface area contributed by atoms with Gasteiger partial charge in [-0.25, -0.2) is 0 Å². The van der Waals surface area contributed by atoms with Crippen molar-refractivity contribution in [3.8, 4) is 17.3 Å². The third-order valence-corrected chi connectivity index (χ3v) is 5.16. The van der Waals surface area contributed by atoms with Crippen LogP contribution in [0.2, 0.25) is 0 Å². The van der Waals surface area contributed by atoms with E-state index in [1.54, 1.807) is 0 Å². The van der Waals surface area contributed by atoms with Crippen molar-refractivity contribution in [3.63, 3.8) is 0 Å². The van der Waals surface area contributed by atoms with Crippen molar-refractivity contribution in [1.29, 1.82) is 5.26 Å². The molecule has 3 aromatic carbocycles. The minimum absolute atomic E-state index is 0.0395. The maximum absolute atomic E-state index is 13.6. The molecule has 0 amide bonds. The van der Waals surface area contributed by atoms with Crippen molar-refractivity contribution in [1.82, 2.24) is 4.57 Å². The van der Waals surface area contributed by atoms with Gasteiger partial charge in [0.25, 0.3) is 5.69 Å². The molecule has 0 aliphatic carbocycles. The lowest BCUT2D eigenvalue weighted by Gasteiger charge is -2.08. The van der Waals surface area contributed by atoms with Crippen LogP contribution in [-0.2, 0) is 7.05 Å². The van der Waals surface area contributed by atoms with Gasteiger partial charge in [0, 0.05) is 30.1 Å². The molecule has 0 spiro atoms. The molecule has 0 saturated heterocycles. The first-order valence-electron chi connectivity index (χ1n) is 9.55. The van der Waals surface area contributed by atoms with E-state index in [1.165, 1.54) is 30.3 Å². The fourth-order valence-corrected chi connectivity index (χ4v) is 3.70. The van der Waals surface area contributed by atoms with Crippen LogP contribution in [0.1, 0.15) is 15.9 Å². The maximum atomic E-state index is 13.6. The number of aromatic nitrogens is 1. The molecule has 150 valence electrons. The maximum Gasteiger partial charge on any atom is 0.269 e. The number of hydrogen-bond donors (Lipinski definition) is 0. The predicted octanol–water partition coefficient (Wildman–Crippen LogP) is 5.54. The molecule has 0 saturated carbocycles. The number of benzene rings is 3. The highest BCUT2D eigenvalue weighted by atomic mass is 16.6. The van der Waals surface area contributed by atoms with Crippen molar-refractivity contribution >= 4 is 28.4 Å². The van der Waals surface area contributed by atoms with Crippen LogP contribution in [0.4, 0.5) is 5.69 Å². The van der Waals surface area contributed by atoms with Crippen LogP contribution in [0.25, 0.3) is 28.2 Å². The van der Waals surface area contributed by atoms with E-state index in [4.69, 9.17) is 0 Å². The summed E-state index contributed by atoms with van der Waals surface area (Å²) in [5.74, 6) is -0.392. The number of aryl methyl sites for hydroxylation is 1. The lowest BCUT2D eigenvalue weighted by Crippen LogP contribution is -2.05. The average Bonchev–Trinajstić information content (AvgIpc) is 3.10. The van der Waals surface area contributed by atoms with Gasteiger partial charge in [-0.3, -0.25) is 14.9 Å². The standard InChI is InChI=1S/C25H17N3O3/c1-27-22-10-6-5-9-21(22)23(24(27)18-7-3-2-4-8-18)25(29)19(16-26)15-17-11-13-20(14-12-17)28(30)31/h2-15H,1H3/b19-15+. The normalized spacial score (nSPS) is 11.3. The molecule has 31 heavy (non-hydrogen) atoms. The number of carbonyl (C=O) groups is 1. The van der Waals surface area contributed by atoms with E-state index in [1.807, 2.05) is 72.3 Å². The molecular weight excluding hydrogens is 390 g/mol. The Kier molecular flexibility index (Phi) is 5.17. The molecule has 1 aromatic heterocycles. The number of allylic oxidation sites excluding steroid dienone is 1. The number of nitro benzene ring substituents is 1. The second-order valence-corrected chi connectivity index (χ2v) is 7.01. The van der Waals surface area contributed by atoms with Gasteiger partial charge in [0.15, 0.2) is 0 Å². The highest BCUT2D eigenvalue weighted by Gasteiger charge is 2.24. The summed E-state index contributed by atoms with van der Waals surface area (Å²) in [6, 6.07) is 24.9. The van der Waals surface area contributed by atoms with Crippen molar-refractivity contribution in [2.45, 2.75) is 0 Å². The molecule has 0 radical (unpaired) electrons. The summed E-state index contributed by atoms with van der Waals surface area (Å²) >= 11 is 0. The summed E-state index contributed by atoms with van der Waals surface area (Å²) in [5, 5.41) is 21.4. The average molecular weight is 407 g/mol. The smallest absolute Gasteiger partial charge is 0.269 e. The minimum Gasteiger partial charge on any atom is -0.343 e. The zero-order valence-corrected chi connectivity index (χ0v) is 16.6. The van der Waals surface area contributed by atoms with Crippen LogP contribution in [0.3, 0.4) is 0 Å². The summed E-state index contributed by atoms with van der Waals surface area (Å²) in [6.07, 6.45) is 1.46. The van der Waals surface area contributed by atoms with Crippen LogP contribution in [-0.4, -0.2) is 15.3 Å². The number of hydrogen-bond acceptors (Lipinski definition) is 4. The first-order chi connectivity index (χ1) is 15.0. The molecule has 0 unspecified atom stereocenters. The lowest BCUT2D eigenvalue weighted by molar-refractivity contribution is -0.384. The van der Waals surface area contributed by atoms with E-state index >= 15 is 0 Å². The van der Waals surface area contributed by atoms with Crippen molar-refractivity contribution in [3.05, 3.63) is 106 Å². The van der Waals surface area contributed by atoms with Crippen molar-refractivity contribution < 1.29 is 9.72 Å². The van der Waals surface area contributed by atoms with Gasteiger partial charge < -0.3 is 4.57 Å². The molecule has 6 nitrogen and oxygen atoms in total. The fraction of sp³-hybridized carbons (Fsp3) is 0.0400. The number of non-ortho nitro benzene ring substituents is 1. The second-order valence-electron chi connectivity index (χ2n) is 7.01. The van der Waals surface area contributed by atoms with Gasteiger partial charge in [0.2, 0.25) is 5.78 Å². The van der Waals surface area contributed by atoms with Crippen molar-refractivity contribution in [2.24, 2.45) is 7.05 Å². The molecule has 0 atom stereocenters. The molecule has 4 rings (SSSR count). The van der Waals surface area contributed by atoms with Gasteiger partial charge in [0.1, 0.15) is 11.6 Å². The van der Waals surface area contributed by atoms with Crippen molar-refractivity contribution in [2.75, 3.05) is 0 Å². The molecule has 0 N–H and O–H groups in total. The van der Waals surface area contributed by atoms with Gasteiger partial charge in [0.05, 0.1) is 16.2 Å². The summed E-state index contributed by atoms with van der Waals surface area (Å²) in [4.78, 5) is 23.9. The Labute approximate surface area is 178 Å². The van der Waals surface area contributed by atoms with E-state index in [2.05, 4.69) is 0 Å². The topological polar surface area (TPSA) is 88.9 Å². The van der Waals surface area contributed by atoms with Crippen LogP contribution < -0.4 is 0 Å². The molecule has 0 fully saturated rings. The molecular formula is C25H17N3O3. The van der Waals surface area contributed by atoms with E-state index in [-0.39, 0.29) is 11.3 Å². The van der Waals surface area contributed by atoms with Crippen LogP contribution >= 0.6 is 0 Å². The Bertz CT molecular complexity index is 1380. The molecule has 0 bridgehead atoms. The van der Waals surface area contributed by atoms with Gasteiger partial charge in [-0.1, -0.05) is 48.5 Å². The Balaban J connectivity index is 1.88. The number of carbonyl (C=O) groups excluding carboxylic acids is 1. The third-order valence-electron chi connectivity index (χ3n) is 5.16. The number of nitrogens with zero attached hydrogens (tertiary/aromatic N) is 3. The number of fused-ring (bicyclic) bond motifs is 1. The van der Waals surface area contributed by atoms with E-state index < -0.39 is 10.7 Å². The third kappa shape index (κ3) is 3.61. The Hall–Kier alpha value is -4.50. The van der Waals surface area contributed by atoms with E-state index in [0.29, 0.717) is 11.1 Å². The zero-order valence-electron chi connectivity index (χ0n) is 16.6. The summed E-state index contributed by atoms with van der Waals surface area (Å²) in [7, 11) is 1.90. The minimum atomic E-state index is -0.494. The number of rotatable bonds is 5. The van der Waals surface area contributed by atoms with E-state index in [9.17, 15) is 20.2 Å². The van der Waals surface area contributed by atoms with Gasteiger partial charge in [-0.05, 0) is 35.4 Å².